The van der Waals surface area contributed by atoms with Gasteiger partial charge in [0, 0.05) is 20.6 Å². The van der Waals surface area contributed by atoms with Gasteiger partial charge in [-0.2, -0.15) is 0 Å². The van der Waals surface area contributed by atoms with E-state index >= 15 is 0 Å². The summed E-state index contributed by atoms with van der Waals surface area (Å²) in [6, 6.07) is 10.5. The molecule has 1 nitrogen and oxygen atoms in total. The normalized spacial score (nSPS) is 12.3. The fraction of sp³-hybridized carbons (Fsp3) is 0.143. The molecule has 2 rings (SSSR count). The first-order valence-electron chi connectivity index (χ1n) is 5.45. The number of ether oxygens (including phenoxy) is 1. The van der Waals surface area contributed by atoms with Crippen LogP contribution < -0.4 is 4.74 Å². The Balaban J connectivity index is 2.49. The van der Waals surface area contributed by atoms with Crippen LogP contribution in [-0.2, 0) is 0 Å². The minimum atomic E-state index is -0.460. The van der Waals surface area contributed by atoms with Gasteiger partial charge < -0.3 is 4.74 Å². The van der Waals surface area contributed by atoms with Crippen molar-refractivity contribution in [2.24, 2.45) is 0 Å². The molecule has 0 spiro atoms. The van der Waals surface area contributed by atoms with Gasteiger partial charge in [-0.15, -0.1) is 11.6 Å². The van der Waals surface area contributed by atoms with E-state index < -0.39 is 5.38 Å². The molecule has 0 aliphatic carbocycles. The topological polar surface area (TPSA) is 9.23 Å². The lowest BCUT2D eigenvalue weighted by Crippen LogP contribution is -1.98. The lowest BCUT2D eigenvalue weighted by molar-refractivity contribution is 0.410. The Hall–Kier alpha value is -0.600. The number of benzene rings is 2. The van der Waals surface area contributed by atoms with E-state index in [-0.39, 0.29) is 0 Å². The van der Waals surface area contributed by atoms with Gasteiger partial charge in [-0.1, -0.05) is 40.9 Å². The van der Waals surface area contributed by atoms with Crippen LogP contribution in [0.1, 0.15) is 16.5 Å². The van der Waals surface area contributed by atoms with Crippen molar-refractivity contribution in [3.63, 3.8) is 0 Å². The molecule has 1 atom stereocenters. The van der Waals surface area contributed by atoms with E-state index in [2.05, 4.69) is 0 Å². The third-order valence-electron chi connectivity index (χ3n) is 2.70. The summed E-state index contributed by atoms with van der Waals surface area (Å²) in [5.41, 5.74) is 1.52. The molecule has 0 aromatic heterocycles. The van der Waals surface area contributed by atoms with E-state index in [1.165, 1.54) is 0 Å². The summed E-state index contributed by atoms with van der Waals surface area (Å²) in [5.74, 6) is 0.614. The molecule has 0 saturated carbocycles. The molecule has 0 saturated heterocycles. The van der Waals surface area contributed by atoms with Gasteiger partial charge in [0.25, 0.3) is 0 Å². The van der Waals surface area contributed by atoms with Crippen molar-refractivity contribution in [2.75, 3.05) is 7.11 Å². The fourth-order valence-corrected chi connectivity index (χ4v) is 2.76. The van der Waals surface area contributed by atoms with Crippen molar-refractivity contribution in [2.45, 2.75) is 5.38 Å². The van der Waals surface area contributed by atoms with Crippen LogP contribution in [0.5, 0.6) is 5.75 Å². The lowest BCUT2D eigenvalue weighted by Gasteiger charge is -2.16. The number of hydrogen-bond acceptors (Lipinski definition) is 1. The molecular formula is C14H10Cl4O. The van der Waals surface area contributed by atoms with Crippen molar-refractivity contribution in [3.05, 3.63) is 62.6 Å². The van der Waals surface area contributed by atoms with Gasteiger partial charge in [-0.05, 0) is 35.9 Å². The Morgan fingerprint density at radius 2 is 1.53 bits per heavy atom. The summed E-state index contributed by atoms with van der Waals surface area (Å²) < 4.78 is 5.29. The smallest absolute Gasteiger partial charge is 0.125 e. The largest absolute Gasteiger partial charge is 0.496 e. The number of halogens is 4. The molecule has 0 fully saturated rings. The third-order valence-corrected chi connectivity index (χ3v) is 3.98. The predicted molar refractivity (Wildman–Crippen MR) is 82.2 cm³/mol. The Morgan fingerprint density at radius 3 is 2.21 bits per heavy atom. The van der Waals surface area contributed by atoms with Crippen molar-refractivity contribution in [3.8, 4) is 5.75 Å². The molecule has 0 radical (unpaired) electrons. The highest BCUT2D eigenvalue weighted by Crippen LogP contribution is 2.40. The lowest BCUT2D eigenvalue weighted by atomic mass is 10.0. The maximum atomic E-state index is 6.48. The van der Waals surface area contributed by atoms with Crippen LogP contribution in [0.3, 0.4) is 0 Å². The number of methoxy groups -OCH3 is 1. The molecule has 1 unspecified atom stereocenters. The zero-order valence-corrected chi connectivity index (χ0v) is 13.0. The van der Waals surface area contributed by atoms with Crippen molar-refractivity contribution in [1.29, 1.82) is 0 Å². The number of rotatable bonds is 3. The summed E-state index contributed by atoms with van der Waals surface area (Å²) in [5, 5.41) is 1.26. The first-order chi connectivity index (χ1) is 9.02. The third kappa shape index (κ3) is 3.29. The maximum absolute atomic E-state index is 6.48. The fourth-order valence-electron chi connectivity index (χ4n) is 1.77. The van der Waals surface area contributed by atoms with Crippen LogP contribution in [-0.4, -0.2) is 7.11 Å². The molecule has 2 aromatic rings. The first kappa shape index (κ1) is 14.8. The van der Waals surface area contributed by atoms with Gasteiger partial charge >= 0.3 is 0 Å². The second kappa shape index (κ2) is 6.23. The molecular weight excluding hydrogens is 326 g/mol. The zero-order chi connectivity index (χ0) is 14.0. The van der Waals surface area contributed by atoms with Crippen LogP contribution in [0.15, 0.2) is 36.4 Å². The van der Waals surface area contributed by atoms with Crippen LogP contribution in [0.2, 0.25) is 15.1 Å². The van der Waals surface area contributed by atoms with Crippen LogP contribution >= 0.6 is 46.4 Å². The molecule has 0 aliphatic heterocycles. The van der Waals surface area contributed by atoms with Gasteiger partial charge in [0.1, 0.15) is 5.75 Å². The molecule has 100 valence electrons. The Morgan fingerprint density at radius 1 is 0.895 bits per heavy atom. The molecule has 0 N–H and O–H groups in total. The number of hydrogen-bond donors (Lipinski definition) is 0. The van der Waals surface area contributed by atoms with Gasteiger partial charge in [-0.3, -0.25) is 0 Å². The number of alkyl halides is 1. The van der Waals surface area contributed by atoms with Crippen molar-refractivity contribution in [1.82, 2.24) is 0 Å². The average Bonchev–Trinajstić information content (AvgIpc) is 2.40. The second-order valence-electron chi connectivity index (χ2n) is 3.91. The van der Waals surface area contributed by atoms with Gasteiger partial charge in [0.05, 0.1) is 12.5 Å². The zero-order valence-electron chi connectivity index (χ0n) is 9.96. The van der Waals surface area contributed by atoms with Gasteiger partial charge in [0.2, 0.25) is 0 Å². The van der Waals surface area contributed by atoms with Crippen molar-refractivity contribution >= 4 is 46.4 Å². The second-order valence-corrected chi connectivity index (χ2v) is 5.63. The molecule has 2 aromatic carbocycles. The first-order valence-corrected chi connectivity index (χ1v) is 7.02. The minimum absolute atomic E-state index is 0.460. The Kier molecular flexibility index (Phi) is 4.86. The molecule has 19 heavy (non-hydrogen) atoms. The van der Waals surface area contributed by atoms with Crippen LogP contribution in [0.25, 0.3) is 0 Å². The monoisotopic (exact) mass is 334 g/mol. The average molecular weight is 336 g/mol. The predicted octanol–water partition coefficient (Wildman–Crippen LogP) is 5.98. The SMILES string of the molecule is COc1cc(Cl)ccc1C(Cl)c1cc(Cl)ccc1Cl. The summed E-state index contributed by atoms with van der Waals surface area (Å²) >= 11 is 24.5. The highest BCUT2D eigenvalue weighted by Gasteiger charge is 2.19. The quantitative estimate of drug-likeness (QED) is 0.626. The Labute approximate surface area is 132 Å². The molecule has 0 amide bonds. The molecule has 0 heterocycles. The summed E-state index contributed by atoms with van der Waals surface area (Å²) in [6.45, 7) is 0. The summed E-state index contributed by atoms with van der Waals surface area (Å²) in [6.07, 6.45) is 0. The van der Waals surface area contributed by atoms with E-state index in [4.69, 9.17) is 51.1 Å². The summed E-state index contributed by atoms with van der Waals surface area (Å²) in [7, 11) is 1.57. The van der Waals surface area contributed by atoms with Crippen molar-refractivity contribution < 1.29 is 4.74 Å². The van der Waals surface area contributed by atoms with Crippen LogP contribution in [0, 0.1) is 0 Å². The van der Waals surface area contributed by atoms with E-state index in [0.717, 1.165) is 11.1 Å². The van der Waals surface area contributed by atoms with E-state index in [9.17, 15) is 0 Å². The standard InChI is InChI=1S/C14H10Cl4O/c1-19-13-7-9(16)2-4-10(13)14(18)11-6-8(15)3-5-12(11)17/h2-7,14H,1H3. The molecule has 0 aliphatic rings. The molecule has 5 heteroatoms. The van der Waals surface area contributed by atoms with Crippen LogP contribution in [0.4, 0.5) is 0 Å². The van der Waals surface area contributed by atoms with Gasteiger partial charge in [-0.25, -0.2) is 0 Å². The maximum Gasteiger partial charge on any atom is 0.125 e. The van der Waals surface area contributed by atoms with E-state index in [1.54, 1.807) is 37.4 Å². The van der Waals surface area contributed by atoms with E-state index in [0.29, 0.717) is 20.8 Å². The van der Waals surface area contributed by atoms with E-state index in [1.807, 2.05) is 6.07 Å². The summed E-state index contributed by atoms with van der Waals surface area (Å²) in [4.78, 5) is 0. The highest BCUT2D eigenvalue weighted by atomic mass is 35.5. The van der Waals surface area contributed by atoms with Gasteiger partial charge in [0.15, 0.2) is 0 Å². The Bertz CT molecular complexity index is 598. The highest BCUT2D eigenvalue weighted by molar-refractivity contribution is 6.35. The minimum Gasteiger partial charge on any atom is -0.496 e. The molecule has 0 bridgehead atoms.